The van der Waals surface area contributed by atoms with E-state index in [9.17, 15) is 4.39 Å². The van der Waals surface area contributed by atoms with E-state index >= 15 is 0 Å². The van der Waals surface area contributed by atoms with E-state index in [4.69, 9.17) is 11.6 Å². The van der Waals surface area contributed by atoms with Gasteiger partial charge in [-0.2, -0.15) is 0 Å². The number of halogens is 2. The molecule has 1 aromatic carbocycles. The van der Waals surface area contributed by atoms with Crippen LogP contribution in [0.3, 0.4) is 0 Å². The van der Waals surface area contributed by atoms with Crippen LogP contribution in [0.4, 0.5) is 4.39 Å². The van der Waals surface area contributed by atoms with Crippen LogP contribution in [-0.2, 0) is 6.54 Å². The summed E-state index contributed by atoms with van der Waals surface area (Å²) in [4.78, 5) is 3.77. The Kier molecular flexibility index (Phi) is 4.88. The highest BCUT2D eigenvalue weighted by atomic mass is 35.5. The summed E-state index contributed by atoms with van der Waals surface area (Å²) in [6.45, 7) is 3.74. The molecule has 0 aliphatic carbocycles. The van der Waals surface area contributed by atoms with Crippen LogP contribution in [0, 0.1) is 5.82 Å². The van der Waals surface area contributed by atoms with Gasteiger partial charge in [-0.3, -0.25) is 4.98 Å². The van der Waals surface area contributed by atoms with Gasteiger partial charge in [-0.1, -0.05) is 24.6 Å². The van der Waals surface area contributed by atoms with Crippen molar-refractivity contribution in [3.63, 3.8) is 0 Å². The standard InChI is InChI=1S/C15H16ClFN2/c1-2-6-18-9-11-3-4-12(16)8-14(11)13-5-7-19-10-15(13)17/h3-5,7-8,10,18H,2,6,9H2,1H3. The summed E-state index contributed by atoms with van der Waals surface area (Å²) in [6.07, 6.45) is 3.87. The van der Waals surface area contributed by atoms with E-state index in [0.29, 0.717) is 17.1 Å². The lowest BCUT2D eigenvalue weighted by atomic mass is 10.00. The quantitative estimate of drug-likeness (QED) is 0.835. The van der Waals surface area contributed by atoms with Crippen molar-refractivity contribution in [3.05, 3.63) is 53.1 Å². The third kappa shape index (κ3) is 3.52. The minimum atomic E-state index is -0.332. The Morgan fingerprint density at radius 2 is 2.11 bits per heavy atom. The lowest BCUT2D eigenvalue weighted by Crippen LogP contribution is -2.14. The molecule has 0 spiro atoms. The molecule has 0 saturated carbocycles. The van der Waals surface area contributed by atoms with Crippen molar-refractivity contribution in [1.82, 2.24) is 10.3 Å². The molecule has 0 unspecified atom stereocenters. The van der Waals surface area contributed by atoms with E-state index in [1.54, 1.807) is 18.3 Å². The molecule has 0 fully saturated rings. The Balaban J connectivity index is 2.37. The lowest BCUT2D eigenvalue weighted by Gasteiger charge is -2.11. The van der Waals surface area contributed by atoms with Crippen LogP contribution in [0.1, 0.15) is 18.9 Å². The summed E-state index contributed by atoms with van der Waals surface area (Å²) in [5.74, 6) is -0.332. The first kappa shape index (κ1) is 14.0. The Morgan fingerprint density at radius 3 is 2.84 bits per heavy atom. The average molecular weight is 279 g/mol. The van der Waals surface area contributed by atoms with Crippen molar-refractivity contribution in [3.8, 4) is 11.1 Å². The van der Waals surface area contributed by atoms with E-state index in [0.717, 1.165) is 24.1 Å². The van der Waals surface area contributed by atoms with Crippen molar-refractivity contribution in [2.45, 2.75) is 19.9 Å². The zero-order valence-electron chi connectivity index (χ0n) is 10.8. The van der Waals surface area contributed by atoms with Crippen LogP contribution in [0.15, 0.2) is 36.7 Å². The molecule has 100 valence electrons. The molecule has 2 aromatic rings. The molecule has 1 aromatic heterocycles. The molecular formula is C15H16ClFN2. The van der Waals surface area contributed by atoms with Crippen LogP contribution in [0.2, 0.25) is 5.02 Å². The van der Waals surface area contributed by atoms with Crippen molar-refractivity contribution in [2.24, 2.45) is 0 Å². The Morgan fingerprint density at radius 1 is 1.26 bits per heavy atom. The molecule has 2 nitrogen and oxygen atoms in total. The Labute approximate surface area is 117 Å². The van der Waals surface area contributed by atoms with E-state index in [-0.39, 0.29) is 5.82 Å². The molecule has 1 heterocycles. The zero-order valence-corrected chi connectivity index (χ0v) is 11.5. The van der Waals surface area contributed by atoms with Gasteiger partial charge in [-0.15, -0.1) is 0 Å². The van der Waals surface area contributed by atoms with Gasteiger partial charge in [0.05, 0.1) is 6.20 Å². The molecule has 0 aliphatic heterocycles. The summed E-state index contributed by atoms with van der Waals surface area (Å²) in [5.41, 5.74) is 2.38. The van der Waals surface area contributed by atoms with Crippen molar-refractivity contribution in [1.29, 1.82) is 0 Å². The van der Waals surface area contributed by atoms with Gasteiger partial charge in [0, 0.05) is 23.3 Å². The van der Waals surface area contributed by atoms with Crippen LogP contribution in [0.5, 0.6) is 0 Å². The number of rotatable bonds is 5. The predicted octanol–water partition coefficient (Wildman–Crippen LogP) is 4.04. The number of nitrogens with zero attached hydrogens (tertiary/aromatic N) is 1. The van der Waals surface area contributed by atoms with Gasteiger partial charge in [-0.05, 0) is 42.3 Å². The van der Waals surface area contributed by atoms with Gasteiger partial charge in [0.15, 0.2) is 0 Å². The Hall–Kier alpha value is -1.45. The van der Waals surface area contributed by atoms with Gasteiger partial charge in [-0.25, -0.2) is 4.39 Å². The number of hydrogen-bond donors (Lipinski definition) is 1. The SMILES string of the molecule is CCCNCc1ccc(Cl)cc1-c1ccncc1F. The van der Waals surface area contributed by atoms with Crippen molar-refractivity contribution in [2.75, 3.05) is 6.54 Å². The van der Waals surface area contributed by atoms with Gasteiger partial charge < -0.3 is 5.32 Å². The summed E-state index contributed by atoms with van der Waals surface area (Å²) in [6, 6.07) is 7.22. The van der Waals surface area contributed by atoms with E-state index < -0.39 is 0 Å². The second-order valence-electron chi connectivity index (χ2n) is 4.33. The second kappa shape index (κ2) is 6.64. The molecule has 1 N–H and O–H groups in total. The maximum atomic E-state index is 13.8. The van der Waals surface area contributed by atoms with Gasteiger partial charge in [0.1, 0.15) is 5.82 Å². The molecule has 19 heavy (non-hydrogen) atoms. The minimum absolute atomic E-state index is 0.332. The second-order valence-corrected chi connectivity index (χ2v) is 4.77. The maximum Gasteiger partial charge on any atom is 0.149 e. The first-order valence-corrected chi connectivity index (χ1v) is 6.69. The normalized spacial score (nSPS) is 10.7. The van der Waals surface area contributed by atoms with Crippen LogP contribution in [0.25, 0.3) is 11.1 Å². The van der Waals surface area contributed by atoms with Crippen LogP contribution in [-0.4, -0.2) is 11.5 Å². The molecule has 0 aliphatic rings. The van der Waals surface area contributed by atoms with Crippen molar-refractivity contribution < 1.29 is 4.39 Å². The van der Waals surface area contributed by atoms with Crippen LogP contribution >= 0.6 is 11.6 Å². The molecule has 0 saturated heterocycles. The molecule has 4 heteroatoms. The molecule has 2 rings (SSSR count). The van der Waals surface area contributed by atoms with Crippen molar-refractivity contribution >= 4 is 11.6 Å². The third-order valence-electron chi connectivity index (χ3n) is 2.88. The number of benzene rings is 1. The fraction of sp³-hybridized carbons (Fsp3) is 0.267. The van der Waals surface area contributed by atoms with E-state index in [1.165, 1.54) is 6.20 Å². The van der Waals surface area contributed by atoms with Gasteiger partial charge in [0.25, 0.3) is 0 Å². The average Bonchev–Trinajstić information content (AvgIpc) is 2.41. The lowest BCUT2D eigenvalue weighted by molar-refractivity contribution is 0.624. The number of pyridine rings is 1. The van der Waals surface area contributed by atoms with E-state index in [1.807, 2.05) is 12.1 Å². The summed E-state index contributed by atoms with van der Waals surface area (Å²) >= 11 is 6.02. The van der Waals surface area contributed by atoms with Gasteiger partial charge >= 0.3 is 0 Å². The number of hydrogen-bond acceptors (Lipinski definition) is 2. The first-order valence-electron chi connectivity index (χ1n) is 6.31. The minimum Gasteiger partial charge on any atom is -0.313 e. The summed E-state index contributed by atoms with van der Waals surface area (Å²) in [5, 5.41) is 3.92. The summed E-state index contributed by atoms with van der Waals surface area (Å²) < 4.78 is 13.8. The topological polar surface area (TPSA) is 24.9 Å². The largest absolute Gasteiger partial charge is 0.313 e. The zero-order chi connectivity index (χ0) is 13.7. The molecular weight excluding hydrogens is 263 g/mol. The Bertz CT molecular complexity index is 558. The monoisotopic (exact) mass is 278 g/mol. The molecule has 0 atom stereocenters. The maximum absolute atomic E-state index is 13.8. The van der Waals surface area contributed by atoms with Gasteiger partial charge in [0.2, 0.25) is 0 Å². The fourth-order valence-corrected chi connectivity index (χ4v) is 2.12. The molecule has 0 amide bonds. The highest BCUT2D eigenvalue weighted by Crippen LogP contribution is 2.28. The third-order valence-corrected chi connectivity index (χ3v) is 3.11. The number of nitrogens with one attached hydrogen (secondary N) is 1. The summed E-state index contributed by atoms with van der Waals surface area (Å²) in [7, 11) is 0. The highest BCUT2D eigenvalue weighted by Gasteiger charge is 2.10. The molecule has 0 radical (unpaired) electrons. The fourth-order valence-electron chi connectivity index (χ4n) is 1.95. The predicted molar refractivity (Wildman–Crippen MR) is 76.6 cm³/mol. The number of aromatic nitrogens is 1. The van der Waals surface area contributed by atoms with Crippen LogP contribution < -0.4 is 5.32 Å². The first-order chi connectivity index (χ1) is 9.22. The van der Waals surface area contributed by atoms with E-state index in [2.05, 4.69) is 17.2 Å². The highest BCUT2D eigenvalue weighted by molar-refractivity contribution is 6.30. The smallest absolute Gasteiger partial charge is 0.149 e. The molecule has 0 bridgehead atoms.